The molecule has 1 aromatic rings. The minimum Gasteiger partial charge on any atom is -0.308 e. The maximum atomic E-state index is 12.9. The van der Waals surface area contributed by atoms with Crippen LogP contribution in [0.25, 0.3) is 0 Å². The first kappa shape index (κ1) is 17.0. The van der Waals surface area contributed by atoms with Gasteiger partial charge in [0.05, 0.1) is 11.6 Å². The Kier molecular flexibility index (Phi) is 5.27. The highest BCUT2D eigenvalue weighted by Gasteiger charge is 2.42. The molecule has 0 saturated heterocycles. The van der Waals surface area contributed by atoms with E-state index in [0.29, 0.717) is 18.5 Å². The normalized spacial score (nSPS) is 25.7. The highest BCUT2D eigenvalue weighted by molar-refractivity contribution is 5.93. The Morgan fingerprint density at radius 3 is 2.59 bits per heavy atom. The van der Waals surface area contributed by atoms with Crippen LogP contribution in [0.4, 0.5) is 13.2 Å². The van der Waals surface area contributed by atoms with Gasteiger partial charge in [-0.3, -0.25) is 4.79 Å². The Morgan fingerprint density at radius 1 is 1.27 bits per heavy atom. The molecule has 0 aromatic heterocycles. The molecule has 2 nitrogen and oxygen atoms in total. The van der Waals surface area contributed by atoms with Gasteiger partial charge in [0.25, 0.3) is 0 Å². The van der Waals surface area contributed by atoms with E-state index < -0.39 is 17.7 Å². The highest BCUT2D eigenvalue weighted by atomic mass is 19.4. The van der Waals surface area contributed by atoms with E-state index in [2.05, 4.69) is 5.32 Å². The SMILES string of the molecule is CCCC1CC(NCC)C(=O)C1c1cccc(C(F)(F)F)c1. The molecule has 0 heterocycles. The number of carbonyl (C=O) groups is 1. The van der Waals surface area contributed by atoms with Gasteiger partial charge >= 0.3 is 6.18 Å². The zero-order valence-corrected chi connectivity index (χ0v) is 12.9. The van der Waals surface area contributed by atoms with Crippen LogP contribution >= 0.6 is 0 Å². The van der Waals surface area contributed by atoms with E-state index >= 15 is 0 Å². The fourth-order valence-electron chi connectivity index (χ4n) is 3.43. The number of hydrogen-bond donors (Lipinski definition) is 1. The van der Waals surface area contributed by atoms with Crippen molar-refractivity contribution in [3.05, 3.63) is 35.4 Å². The molecule has 3 atom stereocenters. The van der Waals surface area contributed by atoms with Crippen LogP contribution in [0.2, 0.25) is 0 Å². The Labute approximate surface area is 129 Å². The maximum Gasteiger partial charge on any atom is 0.416 e. The zero-order valence-electron chi connectivity index (χ0n) is 12.9. The average Bonchev–Trinajstić information content (AvgIpc) is 2.75. The highest BCUT2D eigenvalue weighted by Crippen LogP contribution is 2.41. The number of carbonyl (C=O) groups excluding carboxylic acids is 1. The molecule has 1 fully saturated rings. The molecule has 1 N–H and O–H groups in total. The van der Waals surface area contributed by atoms with E-state index in [1.807, 2.05) is 13.8 Å². The number of rotatable bonds is 5. The molecule has 0 aliphatic heterocycles. The zero-order chi connectivity index (χ0) is 16.3. The summed E-state index contributed by atoms with van der Waals surface area (Å²) in [7, 11) is 0. The van der Waals surface area contributed by atoms with Crippen molar-refractivity contribution in [3.8, 4) is 0 Å². The fourth-order valence-corrected chi connectivity index (χ4v) is 3.43. The van der Waals surface area contributed by atoms with Crippen LogP contribution in [0.1, 0.15) is 50.2 Å². The lowest BCUT2D eigenvalue weighted by Gasteiger charge is -2.19. The molecule has 1 aromatic carbocycles. The van der Waals surface area contributed by atoms with Gasteiger partial charge in [0.1, 0.15) is 0 Å². The summed E-state index contributed by atoms with van der Waals surface area (Å²) < 4.78 is 38.7. The Morgan fingerprint density at radius 2 is 2.00 bits per heavy atom. The molecule has 2 rings (SSSR count). The molecule has 1 aliphatic rings. The predicted octanol–water partition coefficient (Wildman–Crippen LogP) is 4.16. The van der Waals surface area contributed by atoms with Crippen LogP contribution in [-0.4, -0.2) is 18.4 Å². The molecule has 5 heteroatoms. The minimum absolute atomic E-state index is 0.0274. The van der Waals surface area contributed by atoms with Crippen molar-refractivity contribution in [3.63, 3.8) is 0 Å². The van der Waals surface area contributed by atoms with Crippen molar-refractivity contribution in [1.82, 2.24) is 5.32 Å². The first-order valence-corrected chi connectivity index (χ1v) is 7.82. The molecule has 122 valence electrons. The minimum atomic E-state index is -4.38. The number of alkyl halides is 3. The summed E-state index contributed by atoms with van der Waals surface area (Å²) >= 11 is 0. The van der Waals surface area contributed by atoms with Crippen LogP contribution < -0.4 is 5.32 Å². The smallest absolute Gasteiger partial charge is 0.308 e. The number of ketones is 1. The van der Waals surface area contributed by atoms with Crippen molar-refractivity contribution in [2.75, 3.05) is 6.54 Å². The second kappa shape index (κ2) is 6.82. The molecule has 0 amide bonds. The predicted molar refractivity (Wildman–Crippen MR) is 79.7 cm³/mol. The number of Topliss-reactive ketones (excluding diaryl/α,β-unsaturated/α-hetero) is 1. The lowest BCUT2D eigenvalue weighted by Crippen LogP contribution is -2.33. The van der Waals surface area contributed by atoms with Gasteiger partial charge in [-0.2, -0.15) is 13.2 Å². The van der Waals surface area contributed by atoms with Gasteiger partial charge in [-0.25, -0.2) is 0 Å². The standard InChI is InChI=1S/C17H22F3NO/c1-3-6-11-10-14(21-4-2)16(22)15(11)12-7-5-8-13(9-12)17(18,19)20/h5,7-9,11,14-15,21H,3-4,6,10H2,1-2H3. The number of benzene rings is 1. The third-order valence-corrected chi connectivity index (χ3v) is 4.34. The van der Waals surface area contributed by atoms with Crippen molar-refractivity contribution < 1.29 is 18.0 Å². The van der Waals surface area contributed by atoms with E-state index in [0.717, 1.165) is 25.0 Å². The molecule has 22 heavy (non-hydrogen) atoms. The van der Waals surface area contributed by atoms with E-state index in [9.17, 15) is 18.0 Å². The Balaban J connectivity index is 2.33. The van der Waals surface area contributed by atoms with Gasteiger partial charge in [-0.1, -0.05) is 38.5 Å². The summed E-state index contributed by atoms with van der Waals surface area (Å²) in [5.74, 6) is -0.282. The quantitative estimate of drug-likeness (QED) is 0.884. The lowest BCUT2D eigenvalue weighted by molar-refractivity contribution is -0.137. The Hall–Kier alpha value is -1.36. The van der Waals surface area contributed by atoms with Gasteiger partial charge < -0.3 is 5.32 Å². The summed E-state index contributed by atoms with van der Waals surface area (Å²) in [5.41, 5.74) is -0.182. The molecular weight excluding hydrogens is 291 g/mol. The summed E-state index contributed by atoms with van der Waals surface area (Å²) in [5, 5.41) is 3.16. The fraction of sp³-hybridized carbons (Fsp3) is 0.588. The van der Waals surface area contributed by atoms with Gasteiger partial charge in [0.15, 0.2) is 5.78 Å². The van der Waals surface area contributed by atoms with Crippen LogP contribution in [0.5, 0.6) is 0 Å². The van der Waals surface area contributed by atoms with Crippen LogP contribution in [-0.2, 0) is 11.0 Å². The third kappa shape index (κ3) is 3.51. The topological polar surface area (TPSA) is 29.1 Å². The average molecular weight is 313 g/mol. The molecule has 3 unspecified atom stereocenters. The number of hydrogen-bond acceptors (Lipinski definition) is 2. The first-order chi connectivity index (χ1) is 10.4. The van der Waals surface area contributed by atoms with Crippen LogP contribution in [0.3, 0.4) is 0 Å². The van der Waals surface area contributed by atoms with E-state index in [4.69, 9.17) is 0 Å². The molecular formula is C17H22F3NO. The van der Waals surface area contributed by atoms with Gasteiger partial charge in [0.2, 0.25) is 0 Å². The monoisotopic (exact) mass is 313 g/mol. The van der Waals surface area contributed by atoms with Crippen molar-refractivity contribution in [2.45, 2.75) is 51.2 Å². The van der Waals surface area contributed by atoms with E-state index in [1.54, 1.807) is 6.07 Å². The third-order valence-electron chi connectivity index (χ3n) is 4.34. The van der Waals surface area contributed by atoms with Crippen LogP contribution in [0, 0.1) is 5.92 Å². The number of nitrogens with one attached hydrogen (secondary N) is 1. The molecule has 1 aliphatic carbocycles. The maximum absolute atomic E-state index is 12.9. The summed E-state index contributed by atoms with van der Waals surface area (Å²) in [4.78, 5) is 12.6. The van der Waals surface area contributed by atoms with Crippen molar-refractivity contribution >= 4 is 5.78 Å². The number of halogens is 3. The van der Waals surface area contributed by atoms with Crippen molar-refractivity contribution in [1.29, 1.82) is 0 Å². The first-order valence-electron chi connectivity index (χ1n) is 7.82. The molecule has 0 radical (unpaired) electrons. The summed E-state index contributed by atoms with van der Waals surface area (Å²) in [6, 6.07) is 5.00. The van der Waals surface area contributed by atoms with E-state index in [-0.39, 0.29) is 17.7 Å². The molecule has 1 saturated carbocycles. The summed E-state index contributed by atoms with van der Waals surface area (Å²) in [6.45, 7) is 4.65. The van der Waals surface area contributed by atoms with Gasteiger partial charge in [-0.05, 0) is 36.9 Å². The lowest BCUT2D eigenvalue weighted by atomic mass is 9.85. The van der Waals surface area contributed by atoms with Crippen molar-refractivity contribution in [2.24, 2.45) is 5.92 Å². The molecule has 0 spiro atoms. The van der Waals surface area contributed by atoms with Gasteiger partial charge in [0, 0.05) is 5.92 Å². The van der Waals surface area contributed by atoms with E-state index in [1.165, 1.54) is 6.07 Å². The second-order valence-corrected chi connectivity index (χ2v) is 5.90. The number of likely N-dealkylation sites (N-methyl/N-ethyl adjacent to an activating group) is 1. The second-order valence-electron chi connectivity index (χ2n) is 5.90. The summed E-state index contributed by atoms with van der Waals surface area (Å²) in [6.07, 6.45) is -1.89. The van der Waals surface area contributed by atoms with Crippen LogP contribution in [0.15, 0.2) is 24.3 Å². The molecule has 0 bridgehead atoms. The largest absolute Gasteiger partial charge is 0.416 e. The Bertz CT molecular complexity index is 527. The van der Waals surface area contributed by atoms with Gasteiger partial charge in [-0.15, -0.1) is 0 Å².